The number of nitrogens with zero attached hydrogens (tertiary/aromatic N) is 1. The Morgan fingerprint density at radius 3 is 2.59 bits per heavy atom. The Morgan fingerprint density at radius 2 is 1.91 bits per heavy atom. The first kappa shape index (κ1) is 15.5. The van der Waals surface area contributed by atoms with Crippen molar-refractivity contribution in [2.75, 3.05) is 19.6 Å². The summed E-state index contributed by atoms with van der Waals surface area (Å²) in [6.45, 7) is 3.03. The molecule has 2 aliphatic rings. The Hall–Kier alpha value is -1.35. The van der Waals surface area contributed by atoms with Gasteiger partial charge in [-0.3, -0.25) is 4.79 Å². The van der Waals surface area contributed by atoms with E-state index in [1.54, 1.807) is 0 Å². The van der Waals surface area contributed by atoms with Crippen molar-refractivity contribution in [3.63, 3.8) is 0 Å². The van der Waals surface area contributed by atoms with Crippen molar-refractivity contribution in [3.8, 4) is 0 Å². The zero-order valence-corrected chi connectivity index (χ0v) is 13.5. The number of likely N-dealkylation sites (tertiary alicyclic amines) is 1. The minimum atomic E-state index is 0.367. The standard InChI is InChI=1S/C19H28N2O/c22-19(9-8-18-7-4-12-20-18)21-13-10-17(11-14-21)15-16-5-2-1-3-6-16/h1-3,5-6,17-18,20H,4,7-15H2. The second-order valence-corrected chi connectivity index (χ2v) is 6.85. The summed E-state index contributed by atoms with van der Waals surface area (Å²) in [5.74, 6) is 1.11. The number of nitrogens with one attached hydrogen (secondary N) is 1. The van der Waals surface area contributed by atoms with Gasteiger partial charge in [-0.1, -0.05) is 30.3 Å². The van der Waals surface area contributed by atoms with Crippen LogP contribution in [-0.4, -0.2) is 36.5 Å². The van der Waals surface area contributed by atoms with Crippen LogP contribution in [0.4, 0.5) is 0 Å². The molecule has 0 radical (unpaired) electrons. The molecule has 1 unspecified atom stereocenters. The van der Waals surface area contributed by atoms with E-state index in [-0.39, 0.29) is 0 Å². The van der Waals surface area contributed by atoms with Crippen LogP contribution < -0.4 is 5.32 Å². The highest BCUT2D eigenvalue weighted by molar-refractivity contribution is 5.76. The maximum atomic E-state index is 12.3. The summed E-state index contributed by atoms with van der Waals surface area (Å²) in [5.41, 5.74) is 1.43. The molecular weight excluding hydrogens is 272 g/mol. The molecule has 1 aromatic rings. The zero-order chi connectivity index (χ0) is 15.2. The summed E-state index contributed by atoms with van der Waals surface area (Å²) in [5, 5.41) is 3.48. The Bertz CT molecular complexity index is 460. The normalized spacial score (nSPS) is 22.9. The monoisotopic (exact) mass is 300 g/mol. The summed E-state index contributed by atoms with van der Waals surface area (Å²) in [4.78, 5) is 14.4. The van der Waals surface area contributed by atoms with Crippen molar-refractivity contribution in [1.29, 1.82) is 0 Å². The number of carbonyl (C=O) groups excluding carboxylic acids is 1. The molecule has 22 heavy (non-hydrogen) atoms. The molecule has 3 heteroatoms. The molecule has 3 nitrogen and oxygen atoms in total. The Balaban J connectivity index is 1.38. The Labute approximate surface area is 134 Å². The van der Waals surface area contributed by atoms with E-state index in [4.69, 9.17) is 0 Å². The Morgan fingerprint density at radius 1 is 1.14 bits per heavy atom. The van der Waals surface area contributed by atoms with Crippen LogP contribution in [0.5, 0.6) is 0 Å². The number of amides is 1. The van der Waals surface area contributed by atoms with E-state index < -0.39 is 0 Å². The van der Waals surface area contributed by atoms with Gasteiger partial charge in [0.2, 0.25) is 5.91 Å². The number of hydrogen-bond donors (Lipinski definition) is 1. The maximum Gasteiger partial charge on any atom is 0.222 e. The minimum Gasteiger partial charge on any atom is -0.343 e. The van der Waals surface area contributed by atoms with E-state index in [9.17, 15) is 4.79 Å². The quantitative estimate of drug-likeness (QED) is 0.906. The van der Waals surface area contributed by atoms with Crippen LogP contribution in [0.15, 0.2) is 30.3 Å². The second-order valence-electron chi connectivity index (χ2n) is 6.85. The lowest BCUT2D eigenvalue weighted by molar-refractivity contribution is -0.132. The van der Waals surface area contributed by atoms with E-state index >= 15 is 0 Å². The van der Waals surface area contributed by atoms with Crippen LogP contribution in [0, 0.1) is 5.92 Å². The summed E-state index contributed by atoms with van der Waals surface area (Å²) in [6, 6.07) is 11.3. The predicted molar refractivity (Wildman–Crippen MR) is 89.7 cm³/mol. The third-order valence-electron chi connectivity index (χ3n) is 5.20. The molecule has 2 saturated heterocycles. The first-order chi connectivity index (χ1) is 10.8. The molecule has 1 atom stereocenters. The number of rotatable bonds is 5. The third-order valence-corrected chi connectivity index (χ3v) is 5.20. The van der Waals surface area contributed by atoms with Gasteiger partial charge >= 0.3 is 0 Å². The van der Waals surface area contributed by atoms with Crippen LogP contribution in [-0.2, 0) is 11.2 Å². The van der Waals surface area contributed by atoms with Crippen molar-refractivity contribution in [2.24, 2.45) is 5.92 Å². The van der Waals surface area contributed by atoms with Gasteiger partial charge in [-0.2, -0.15) is 0 Å². The fourth-order valence-corrected chi connectivity index (χ4v) is 3.79. The highest BCUT2D eigenvalue weighted by Crippen LogP contribution is 2.22. The third kappa shape index (κ3) is 4.33. The van der Waals surface area contributed by atoms with Gasteiger partial charge < -0.3 is 10.2 Å². The van der Waals surface area contributed by atoms with E-state index in [1.807, 2.05) is 0 Å². The minimum absolute atomic E-state index is 0.367. The van der Waals surface area contributed by atoms with Gasteiger partial charge in [0, 0.05) is 25.6 Å². The molecule has 0 saturated carbocycles. The smallest absolute Gasteiger partial charge is 0.222 e. The van der Waals surface area contributed by atoms with Crippen LogP contribution in [0.2, 0.25) is 0 Å². The fourth-order valence-electron chi connectivity index (χ4n) is 3.79. The lowest BCUT2D eigenvalue weighted by Gasteiger charge is -2.32. The van der Waals surface area contributed by atoms with Gasteiger partial charge in [0.25, 0.3) is 0 Å². The molecule has 1 N–H and O–H groups in total. The molecule has 0 aromatic heterocycles. The van der Waals surface area contributed by atoms with Crippen LogP contribution in [0.3, 0.4) is 0 Å². The van der Waals surface area contributed by atoms with Gasteiger partial charge in [-0.15, -0.1) is 0 Å². The predicted octanol–water partition coefficient (Wildman–Crippen LogP) is 3.00. The Kier molecular flexibility index (Phi) is 5.49. The average molecular weight is 300 g/mol. The molecule has 2 heterocycles. The SMILES string of the molecule is O=C(CCC1CCCN1)N1CCC(Cc2ccccc2)CC1. The molecule has 1 amide bonds. The van der Waals surface area contributed by atoms with Crippen LogP contribution in [0.25, 0.3) is 0 Å². The summed E-state index contributed by atoms with van der Waals surface area (Å²) >= 11 is 0. The molecule has 0 spiro atoms. The van der Waals surface area contributed by atoms with Gasteiger partial charge in [-0.05, 0) is 56.6 Å². The van der Waals surface area contributed by atoms with Crippen LogP contribution in [0.1, 0.15) is 44.1 Å². The molecule has 3 rings (SSSR count). The first-order valence-corrected chi connectivity index (χ1v) is 8.86. The van der Waals surface area contributed by atoms with E-state index in [0.717, 1.165) is 57.7 Å². The number of benzene rings is 1. The lowest BCUT2D eigenvalue weighted by atomic mass is 9.90. The van der Waals surface area contributed by atoms with E-state index in [0.29, 0.717) is 11.9 Å². The van der Waals surface area contributed by atoms with Crippen molar-refractivity contribution in [3.05, 3.63) is 35.9 Å². The molecule has 120 valence electrons. The van der Waals surface area contributed by atoms with Crippen molar-refractivity contribution in [2.45, 2.75) is 51.0 Å². The molecule has 0 aliphatic carbocycles. The van der Waals surface area contributed by atoms with Crippen molar-refractivity contribution in [1.82, 2.24) is 10.2 Å². The highest BCUT2D eigenvalue weighted by Gasteiger charge is 2.24. The maximum absolute atomic E-state index is 12.3. The lowest BCUT2D eigenvalue weighted by Crippen LogP contribution is -2.39. The molecular formula is C19H28N2O. The van der Waals surface area contributed by atoms with E-state index in [2.05, 4.69) is 40.5 Å². The van der Waals surface area contributed by atoms with Crippen molar-refractivity contribution >= 4 is 5.91 Å². The first-order valence-electron chi connectivity index (χ1n) is 8.86. The zero-order valence-electron chi connectivity index (χ0n) is 13.5. The van der Waals surface area contributed by atoms with Gasteiger partial charge in [0.1, 0.15) is 0 Å². The van der Waals surface area contributed by atoms with Gasteiger partial charge in [0.05, 0.1) is 0 Å². The average Bonchev–Trinajstić information content (AvgIpc) is 3.08. The number of piperidine rings is 1. The summed E-state index contributed by atoms with van der Waals surface area (Å²) in [7, 11) is 0. The molecule has 0 bridgehead atoms. The molecule has 2 aliphatic heterocycles. The second kappa shape index (κ2) is 7.77. The van der Waals surface area contributed by atoms with Gasteiger partial charge in [-0.25, -0.2) is 0 Å². The topological polar surface area (TPSA) is 32.3 Å². The number of carbonyl (C=O) groups is 1. The van der Waals surface area contributed by atoms with Crippen LogP contribution >= 0.6 is 0 Å². The van der Waals surface area contributed by atoms with Crippen molar-refractivity contribution < 1.29 is 4.79 Å². The largest absolute Gasteiger partial charge is 0.343 e. The highest BCUT2D eigenvalue weighted by atomic mass is 16.2. The summed E-state index contributed by atoms with van der Waals surface area (Å²) < 4.78 is 0. The molecule has 1 aromatic carbocycles. The summed E-state index contributed by atoms with van der Waals surface area (Å²) in [6.07, 6.45) is 7.72. The van der Waals surface area contributed by atoms with Gasteiger partial charge in [0.15, 0.2) is 0 Å². The number of hydrogen-bond acceptors (Lipinski definition) is 2. The fraction of sp³-hybridized carbons (Fsp3) is 0.632. The molecule has 2 fully saturated rings. The van der Waals surface area contributed by atoms with E-state index in [1.165, 1.54) is 18.4 Å².